The molecule has 0 aromatic carbocycles. The van der Waals surface area contributed by atoms with Gasteiger partial charge in [0.1, 0.15) is 0 Å². The second-order valence-electron chi connectivity index (χ2n) is 2.26. The van der Waals surface area contributed by atoms with Crippen LogP contribution in [0.5, 0.6) is 0 Å². The van der Waals surface area contributed by atoms with E-state index < -0.39 is 0 Å². The van der Waals surface area contributed by atoms with Crippen molar-refractivity contribution in [1.82, 2.24) is 10.2 Å². The standard InChI is InChI=1S/C6H11IN2O/c7-5-6(10)9-3-1-8-2-4-9/h8H,1-5H2. The van der Waals surface area contributed by atoms with Crippen LogP contribution in [0.25, 0.3) is 0 Å². The zero-order valence-electron chi connectivity index (χ0n) is 5.77. The molecular formula is C6H11IN2O. The molecule has 1 heterocycles. The van der Waals surface area contributed by atoms with E-state index in [1.807, 2.05) is 4.90 Å². The highest BCUT2D eigenvalue weighted by Crippen LogP contribution is 1.95. The molecule has 0 bridgehead atoms. The normalized spacial score (nSPS) is 19.1. The van der Waals surface area contributed by atoms with Crippen LogP contribution in [0.4, 0.5) is 0 Å². The third kappa shape index (κ3) is 2.09. The van der Waals surface area contributed by atoms with Crippen molar-refractivity contribution >= 4 is 28.5 Å². The van der Waals surface area contributed by atoms with Crippen molar-refractivity contribution in [2.24, 2.45) is 0 Å². The van der Waals surface area contributed by atoms with Crippen LogP contribution in [0.1, 0.15) is 0 Å². The molecule has 0 aliphatic carbocycles. The number of hydrogen-bond acceptors (Lipinski definition) is 2. The van der Waals surface area contributed by atoms with Crippen molar-refractivity contribution in [3.63, 3.8) is 0 Å². The lowest BCUT2D eigenvalue weighted by molar-refractivity contribution is -0.128. The monoisotopic (exact) mass is 254 g/mol. The quantitative estimate of drug-likeness (QED) is 0.521. The summed E-state index contributed by atoms with van der Waals surface area (Å²) in [4.78, 5) is 13.0. The van der Waals surface area contributed by atoms with Crippen LogP contribution in [0.15, 0.2) is 0 Å². The van der Waals surface area contributed by atoms with Gasteiger partial charge in [0.2, 0.25) is 5.91 Å². The number of nitrogens with zero attached hydrogens (tertiary/aromatic N) is 1. The van der Waals surface area contributed by atoms with Gasteiger partial charge < -0.3 is 10.2 Å². The van der Waals surface area contributed by atoms with Crippen LogP contribution in [0, 0.1) is 0 Å². The number of alkyl halides is 1. The summed E-state index contributed by atoms with van der Waals surface area (Å²) in [5.74, 6) is 0.266. The summed E-state index contributed by atoms with van der Waals surface area (Å²) >= 11 is 2.10. The minimum absolute atomic E-state index is 0.266. The van der Waals surface area contributed by atoms with Gasteiger partial charge in [-0.15, -0.1) is 0 Å². The maximum absolute atomic E-state index is 11.1. The topological polar surface area (TPSA) is 32.3 Å². The van der Waals surface area contributed by atoms with Gasteiger partial charge in [-0.25, -0.2) is 0 Å². The van der Waals surface area contributed by atoms with Crippen LogP contribution in [-0.2, 0) is 4.79 Å². The van der Waals surface area contributed by atoms with E-state index in [1.165, 1.54) is 0 Å². The number of halogens is 1. The Hall–Kier alpha value is 0.160. The maximum atomic E-state index is 11.1. The molecule has 1 N–H and O–H groups in total. The summed E-state index contributed by atoms with van der Waals surface area (Å²) in [7, 11) is 0. The highest BCUT2D eigenvalue weighted by Gasteiger charge is 2.13. The first-order chi connectivity index (χ1) is 4.84. The highest BCUT2D eigenvalue weighted by atomic mass is 127. The Kier molecular flexibility index (Phi) is 3.41. The third-order valence-corrected chi connectivity index (χ3v) is 2.24. The number of piperazine rings is 1. The van der Waals surface area contributed by atoms with Crippen molar-refractivity contribution in [2.45, 2.75) is 0 Å². The van der Waals surface area contributed by atoms with Crippen LogP contribution >= 0.6 is 22.6 Å². The van der Waals surface area contributed by atoms with Crippen molar-refractivity contribution < 1.29 is 4.79 Å². The molecule has 1 aliphatic rings. The number of carbonyl (C=O) groups is 1. The molecule has 0 spiro atoms. The van der Waals surface area contributed by atoms with Crippen LogP contribution in [0.2, 0.25) is 0 Å². The molecule has 10 heavy (non-hydrogen) atoms. The van der Waals surface area contributed by atoms with Gasteiger partial charge in [0.05, 0.1) is 4.43 Å². The SMILES string of the molecule is O=C(CI)N1CCNCC1. The molecule has 1 saturated heterocycles. The summed E-state index contributed by atoms with van der Waals surface area (Å²) in [6.07, 6.45) is 0. The lowest BCUT2D eigenvalue weighted by atomic mass is 10.4. The number of hydrogen-bond donors (Lipinski definition) is 1. The Balaban J connectivity index is 2.31. The fourth-order valence-electron chi connectivity index (χ4n) is 0.999. The zero-order chi connectivity index (χ0) is 7.40. The Morgan fingerprint density at radius 1 is 1.50 bits per heavy atom. The molecular weight excluding hydrogens is 243 g/mol. The van der Waals surface area contributed by atoms with Gasteiger partial charge in [0.15, 0.2) is 0 Å². The molecule has 0 saturated carbocycles. The van der Waals surface area contributed by atoms with Gasteiger partial charge >= 0.3 is 0 Å². The number of nitrogens with one attached hydrogen (secondary N) is 1. The third-order valence-electron chi connectivity index (χ3n) is 1.58. The van der Waals surface area contributed by atoms with E-state index in [4.69, 9.17) is 0 Å². The van der Waals surface area contributed by atoms with Gasteiger partial charge in [-0.2, -0.15) is 0 Å². The van der Waals surface area contributed by atoms with E-state index in [2.05, 4.69) is 27.9 Å². The van der Waals surface area contributed by atoms with E-state index in [1.54, 1.807) is 0 Å². The number of carbonyl (C=O) groups excluding carboxylic acids is 1. The largest absolute Gasteiger partial charge is 0.339 e. The Morgan fingerprint density at radius 3 is 2.60 bits per heavy atom. The second-order valence-corrected chi connectivity index (χ2v) is 3.03. The summed E-state index contributed by atoms with van der Waals surface area (Å²) in [5, 5.41) is 3.20. The molecule has 4 heteroatoms. The molecule has 0 aromatic heterocycles. The summed E-state index contributed by atoms with van der Waals surface area (Å²) in [5.41, 5.74) is 0. The van der Waals surface area contributed by atoms with Crippen molar-refractivity contribution in [3.8, 4) is 0 Å². The fourth-order valence-corrected chi connectivity index (χ4v) is 1.48. The molecule has 0 unspecified atom stereocenters. The molecule has 0 atom stereocenters. The molecule has 1 aliphatic heterocycles. The van der Waals surface area contributed by atoms with E-state index in [0.29, 0.717) is 4.43 Å². The summed E-state index contributed by atoms with van der Waals surface area (Å²) < 4.78 is 0.609. The second kappa shape index (κ2) is 4.12. The predicted molar refractivity (Wildman–Crippen MR) is 48.3 cm³/mol. The van der Waals surface area contributed by atoms with Crippen molar-refractivity contribution in [2.75, 3.05) is 30.6 Å². The van der Waals surface area contributed by atoms with Crippen molar-refractivity contribution in [1.29, 1.82) is 0 Å². The van der Waals surface area contributed by atoms with Gasteiger partial charge in [0.25, 0.3) is 0 Å². The first-order valence-corrected chi connectivity index (χ1v) is 4.91. The molecule has 1 fully saturated rings. The van der Waals surface area contributed by atoms with Gasteiger partial charge in [-0.05, 0) is 0 Å². The zero-order valence-corrected chi connectivity index (χ0v) is 7.93. The van der Waals surface area contributed by atoms with Crippen LogP contribution in [-0.4, -0.2) is 41.4 Å². The molecule has 3 nitrogen and oxygen atoms in total. The lowest BCUT2D eigenvalue weighted by Gasteiger charge is -2.26. The van der Waals surface area contributed by atoms with E-state index in [0.717, 1.165) is 26.2 Å². The van der Waals surface area contributed by atoms with Gasteiger partial charge in [-0.3, -0.25) is 4.79 Å². The Labute approximate surface area is 74.3 Å². The molecule has 58 valence electrons. The first kappa shape index (κ1) is 8.26. The van der Waals surface area contributed by atoms with E-state index in [9.17, 15) is 4.79 Å². The number of amides is 1. The first-order valence-electron chi connectivity index (χ1n) is 3.39. The average Bonchev–Trinajstić information content (AvgIpc) is 2.05. The smallest absolute Gasteiger partial charge is 0.232 e. The maximum Gasteiger partial charge on any atom is 0.232 e. The average molecular weight is 254 g/mol. The summed E-state index contributed by atoms with van der Waals surface area (Å²) in [6.45, 7) is 3.65. The summed E-state index contributed by atoms with van der Waals surface area (Å²) in [6, 6.07) is 0. The predicted octanol–water partition coefficient (Wildman–Crippen LogP) is -0.147. The van der Waals surface area contributed by atoms with Crippen molar-refractivity contribution in [3.05, 3.63) is 0 Å². The Morgan fingerprint density at radius 2 is 2.10 bits per heavy atom. The van der Waals surface area contributed by atoms with Gasteiger partial charge in [-0.1, -0.05) is 22.6 Å². The van der Waals surface area contributed by atoms with Gasteiger partial charge in [0, 0.05) is 26.2 Å². The molecule has 0 radical (unpaired) electrons. The molecule has 0 aromatic rings. The van der Waals surface area contributed by atoms with Crippen LogP contribution in [0.3, 0.4) is 0 Å². The lowest BCUT2D eigenvalue weighted by Crippen LogP contribution is -2.46. The van der Waals surface area contributed by atoms with E-state index >= 15 is 0 Å². The minimum atomic E-state index is 0.266. The molecule has 1 rings (SSSR count). The minimum Gasteiger partial charge on any atom is -0.339 e. The number of rotatable bonds is 1. The van der Waals surface area contributed by atoms with E-state index in [-0.39, 0.29) is 5.91 Å². The highest BCUT2D eigenvalue weighted by molar-refractivity contribution is 14.1. The Bertz CT molecular complexity index is 123. The fraction of sp³-hybridized carbons (Fsp3) is 0.833. The van der Waals surface area contributed by atoms with Crippen LogP contribution < -0.4 is 5.32 Å². The molecule has 1 amide bonds.